The Morgan fingerprint density at radius 3 is 2.33 bits per heavy atom. The number of carbonyl (C=O) groups excluding carboxylic acids is 7. The number of aliphatic hydroxyl groups is 2. The van der Waals surface area contributed by atoms with Gasteiger partial charge < -0.3 is 40.7 Å². The van der Waals surface area contributed by atoms with Gasteiger partial charge >= 0.3 is 5.97 Å². The normalized spacial score (nSPS) is 37.0. The van der Waals surface area contributed by atoms with Crippen molar-refractivity contribution in [2.45, 2.75) is 127 Å². The predicted octanol–water partition coefficient (Wildman–Crippen LogP) is 2.29. The van der Waals surface area contributed by atoms with E-state index in [9.17, 15) is 53.7 Å². The topological polar surface area (TPSA) is 255 Å². The highest BCUT2D eigenvalue weighted by Crippen LogP contribution is 2.70. The SMILES string of the molecule is C[C@]12C=CC(=O)C=C1CC[C@@H]1[C@@H]2[C@@H](O)C[C@@]2(C)[C@H]1C[C@H]1O[C@@H](c3ccc(CC4CC5(C4)CC(NC(=O)[C@H](CCC(=O)O)NC(=O)CNC(=O)CCN4C(=O)C=CC4=O)C5)cc3)O[C@]12C(=O)CO. The van der Waals surface area contributed by atoms with Gasteiger partial charge in [-0.1, -0.05) is 49.8 Å². The van der Waals surface area contributed by atoms with Crippen LogP contribution < -0.4 is 16.0 Å². The number of aliphatic hydroxyl groups excluding tert-OH is 2. The Hall–Kier alpha value is -5.36. The fraction of sp³-hybridized carbons (Fsp3) is 0.600. The third-order valence-electron chi connectivity index (χ3n) is 16.9. The van der Waals surface area contributed by atoms with Gasteiger partial charge in [0.15, 0.2) is 23.5 Å². The number of hydrogen-bond acceptors (Lipinski definition) is 12. The molecule has 1 aromatic rings. The minimum atomic E-state index is -1.43. The second-order valence-corrected chi connectivity index (χ2v) is 20.9. The van der Waals surface area contributed by atoms with E-state index in [1.165, 1.54) is 0 Å². The smallest absolute Gasteiger partial charge is 0.303 e. The number of Topliss-reactive ketones (excluding diaryl/α,β-unsaturated/α-hetero) is 1. The van der Waals surface area contributed by atoms with Gasteiger partial charge in [-0.2, -0.15) is 0 Å². The molecule has 0 unspecified atom stereocenters. The van der Waals surface area contributed by atoms with Gasteiger partial charge in [0.05, 0.1) is 18.8 Å². The van der Waals surface area contributed by atoms with Crippen LogP contribution in [-0.2, 0) is 54.3 Å². The van der Waals surface area contributed by atoms with Gasteiger partial charge in [-0.05, 0) is 105 Å². The number of ether oxygens (including phenoxy) is 2. The molecule has 2 aliphatic heterocycles. The van der Waals surface area contributed by atoms with Crippen molar-refractivity contribution < 1.29 is 63.1 Å². The third kappa shape index (κ3) is 8.29. The van der Waals surface area contributed by atoms with Gasteiger partial charge in [-0.15, -0.1) is 0 Å². The molecule has 67 heavy (non-hydrogen) atoms. The summed E-state index contributed by atoms with van der Waals surface area (Å²) in [5.41, 5.74) is 0.388. The van der Waals surface area contributed by atoms with Crippen molar-refractivity contribution in [2.75, 3.05) is 19.7 Å². The second-order valence-electron chi connectivity index (χ2n) is 20.9. The van der Waals surface area contributed by atoms with Crippen LogP contribution in [0.25, 0.3) is 0 Å². The van der Waals surface area contributed by atoms with Crippen LogP contribution in [0.2, 0.25) is 0 Å². The summed E-state index contributed by atoms with van der Waals surface area (Å²) in [7, 11) is 0. The molecule has 17 heteroatoms. The Bertz CT molecular complexity index is 2330. The van der Waals surface area contributed by atoms with Gasteiger partial charge in [0.25, 0.3) is 11.8 Å². The highest BCUT2D eigenvalue weighted by atomic mass is 16.7. The summed E-state index contributed by atoms with van der Waals surface area (Å²) in [6, 6.07) is 6.79. The maximum absolute atomic E-state index is 14.0. The number of benzene rings is 1. The first-order valence-electron chi connectivity index (χ1n) is 23.7. The first-order chi connectivity index (χ1) is 31.9. The Balaban J connectivity index is 0.748. The lowest BCUT2D eigenvalue weighted by Crippen LogP contribution is -2.63. The number of fused-ring (bicyclic) bond motifs is 7. The first kappa shape index (κ1) is 46.7. The van der Waals surface area contributed by atoms with Crippen LogP contribution in [0.5, 0.6) is 0 Å². The fourth-order valence-electron chi connectivity index (χ4n) is 13.9. The van der Waals surface area contributed by atoms with Crippen LogP contribution in [-0.4, -0.2) is 117 Å². The molecule has 0 aromatic heterocycles. The number of nitrogens with zero attached hydrogens (tertiary/aromatic N) is 1. The average molecular weight is 925 g/mol. The molecule has 8 aliphatic rings. The number of aliphatic carboxylic acids is 1. The van der Waals surface area contributed by atoms with Crippen LogP contribution in [0.1, 0.15) is 102 Å². The maximum atomic E-state index is 14.0. The number of allylic oxidation sites excluding steroid dienone is 4. The van der Waals surface area contributed by atoms with E-state index < -0.39 is 95.4 Å². The zero-order chi connectivity index (χ0) is 47.6. The molecule has 1 saturated heterocycles. The number of ketones is 2. The van der Waals surface area contributed by atoms with E-state index in [0.29, 0.717) is 18.8 Å². The molecule has 0 radical (unpaired) electrons. The zero-order valence-electron chi connectivity index (χ0n) is 37.9. The van der Waals surface area contributed by atoms with Crippen molar-refractivity contribution in [2.24, 2.45) is 39.9 Å². The van der Waals surface area contributed by atoms with E-state index in [1.54, 1.807) is 12.2 Å². The molecule has 6 N–H and O–H groups in total. The van der Waals surface area contributed by atoms with Crippen LogP contribution >= 0.6 is 0 Å². The quantitative estimate of drug-likeness (QED) is 0.130. The molecule has 17 nitrogen and oxygen atoms in total. The fourth-order valence-corrected chi connectivity index (χ4v) is 13.9. The van der Waals surface area contributed by atoms with Gasteiger partial charge in [0.1, 0.15) is 12.6 Å². The highest BCUT2D eigenvalue weighted by Gasteiger charge is 2.76. The minimum Gasteiger partial charge on any atom is -0.481 e. The Labute approximate surface area is 388 Å². The molecular formula is C50H60N4O13. The van der Waals surface area contributed by atoms with E-state index in [0.717, 1.165) is 78.7 Å². The van der Waals surface area contributed by atoms with E-state index in [1.807, 2.05) is 25.1 Å². The van der Waals surface area contributed by atoms with Crippen molar-refractivity contribution in [1.29, 1.82) is 0 Å². The Morgan fingerprint density at radius 2 is 1.64 bits per heavy atom. The number of nitrogens with one attached hydrogen (secondary N) is 3. The number of carboxylic acids is 1. The van der Waals surface area contributed by atoms with Gasteiger partial charge in [-0.25, -0.2) is 0 Å². The first-order valence-corrected chi connectivity index (χ1v) is 23.7. The summed E-state index contributed by atoms with van der Waals surface area (Å²) in [5.74, 6) is -4.00. The summed E-state index contributed by atoms with van der Waals surface area (Å²) < 4.78 is 13.4. The maximum Gasteiger partial charge on any atom is 0.303 e. The lowest BCUT2D eigenvalue weighted by Gasteiger charge is -2.59. The van der Waals surface area contributed by atoms with Gasteiger partial charge in [-0.3, -0.25) is 43.3 Å². The molecule has 6 aliphatic carbocycles. The van der Waals surface area contributed by atoms with E-state index >= 15 is 0 Å². The molecule has 6 fully saturated rings. The monoisotopic (exact) mass is 924 g/mol. The molecular weight excluding hydrogens is 865 g/mol. The molecule has 358 valence electrons. The minimum absolute atomic E-state index is 0.00352. The van der Waals surface area contributed by atoms with E-state index in [2.05, 4.69) is 35.0 Å². The number of carboxylic acid groups (broad SMARTS) is 1. The van der Waals surface area contributed by atoms with Crippen molar-refractivity contribution in [3.8, 4) is 0 Å². The number of hydrogen-bond donors (Lipinski definition) is 6. The summed E-state index contributed by atoms with van der Waals surface area (Å²) in [6.45, 7) is 2.81. The Morgan fingerprint density at radius 1 is 0.925 bits per heavy atom. The largest absolute Gasteiger partial charge is 0.481 e. The molecule has 5 amide bonds. The Kier molecular flexibility index (Phi) is 12.3. The van der Waals surface area contributed by atoms with Crippen LogP contribution in [0.15, 0.2) is 60.2 Å². The van der Waals surface area contributed by atoms with Crippen LogP contribution in [0.4, 0.5) is 0 Å². The third-order valence-corrected chi connectivity index (χ3v) is 16.9. The zero-order valence-corrected chi connectivity index (χ0v) is 37.9. The highest BCUT2D eigenvalue weighted by molar-refractivity contribution is 6.13. The molecule has 10 atom stereocenters. The number of rotatable bonds is 16. The summed E-state index contributed by atoms with van der Waals surface area (Å²) in [6.07, 6.45) is 11.4. The number of imide groups is 1. The number of amides is 5. The molecule has 1 spiro atoms. The lowest BCUT2D eigenvalue weighted by molar-refractivity contribution is -0.201. The second kappa shape index (κ2) is 17.6. The van der Waals surface area contributed by atoms with Crippen LogP contribution in [0, 0.1) is 39.9 Å². The lowest BCUT2D eigenvalue weighted by atomic mass is 9.46. The van der Waals surface area contributed by atoms with Crippen molar-refractivity contribution in [3.63, 3.8) is 0 Å². The summed E-state index contributed by atoms with van der Waals surface area (Å²) in [5, 5.41) is 39.5. The van der Waals surface area contributed by atoms with Gasteiger partial charge in [0.2, 0.25) is 17.7 Å². The molecule has 9 rings (SSSR count). The van der Waals surface area contributed by atoms with Gasteiger partial charge in [0, 0.05) is 59.9 Å². The molecule has 1 aromatic carbocycles. The number of carbonyl (C=O) groups is 8. The molecule has 5 saturated carbocycles. The molecule has 0 bridgehead atoms. The van der Waals surface area contributed by atoms with Crippen molar-refractivity contribution in [3.05, 3.63) is 71.3 Å². The van der Waals surface area contributed by atoms with Crippen LogP contribution in [0.3, 0.4) is 0 Å². The summed E-state index contributed by atoms with van der Waals surface area (Å²) in [4.78, 5) is 100. The molecule has 2 heterocycles. The van der Waals surface area contributed by atoms with Crippen molar-refractivity contribution in [1.82, 2.24) is 20.9 Å². The average Bonchev–Trinajstić information content (AvgIpc) is 3.89. The van der Waals surface area contributed by atoms with Crippen molar-refractivity contribution >= 4 is 47.1 Å². The van der Waals surface area contributed by atoms with E-state index in [-0.39, 0.29) is 60.8 Å². The van der Waals surface area contributed by atoms with E-state index in [4.69, 9.17) is 9.47 Å². The predicted molar refractivity (Wildman–Crippen MR) is 236 cm³/mol. The standard InChI is InChI=1S/C50H60N4O13/c1-47-15-13-32(56)18-30(47)7-8-33-34-19-38-50(37(58)26-55,48(34,2)24-36(57)44(33)47)67-46(66-38)29-5-3-27(4-6-29)17-28-20-49(21-28)22-31(23-49)52-45(65)35(9-12-43(63)64)53-40(60)25-51-39(59)14-16-54-41(61)10-11-42(54)62/h3-6,10-11,13,15,18,28,31,33-36,38,44,46,55,57H,7-9,12,14,16-17,19-26H2,1-2H3,(H,51,59)(H,52,65)(H,53,60)(H,63,64)/t28?,31?,33-,34-,35-,36-,38+,44+,46+,47-,48-,49?,50+/m0/s1. The summed E-state index contributed by atoms with van der Waals surface area (Å²) >= 11 is 0.